The second kappa shape index (κ2) is 13.4. The van der Waals surface area contributed by atoms with Gasteiger partial charge in [0.2, 0.25) is 11.8 Å². The molecule has 0 unspecified atom stereocenters. The van der Waals surface area contributed by atoms with E-state index >= 15 is 0 Å². The van der Waals surface area contributed by atoms with Crippen molar-refractivity contribution in [2.45, 2.75) is 76.8 Å². The zero-order valence-electron chi connectivity index (χ0n) is 20.0. The van der Waals surface area contributed by atoms with E-state index in [9.17, 15) is 9.59 Å². The summed E-state index contributed by atoms with van der Waals surface area (Å²) < 4.78 is 0. The van der Waals surface area contributed by atoms with Crippen molar-refractivity contribution in [3.63, 3.8) is 0 Å². The van der Waals surface area contributed by atoms with Crippen LogP contribution in [0.25, 0.3) is 0 Å². The van der Waals surface area contributed by atoms with E-state index < -0.39 is 6.04 Å². The summed E-state index contributed by atoms with van der Waals surface area (Å²) in [6.07, 6.45) is 6.12. The minimum atomic E-state index is -0.501. The maximum atomic E-state index is 13.5. The summed E-state index contributed by atoms with van der Waals surface area (Å²) >= 11 is 14.1. The third kappa shape index (κ3) is 7.40. The molecule has 3 rings (SSSR count). The Kier molecular flexibility index (Phi) is 10.6. The summed E-state index contributed by atoms with van der Waals surface area (Å²) in [6, 6.07) is 13.2. The molecule has 4 nitrogen and oxygen atoms in total. The van der Waals surface area contributed by atoms with Gasteiger partial charge in [-0.05, 0) is 55.0 Å². The number of nitrogens with one attached hydrogen (secondary N) is 1. The Morgan fingerprint density at radius 3 is 2.38 bits per heavy atom. The lowest BCUT2D eigenvalue weighted by Gasteiger charge is -2.33. The fraction of sp³-hybridized carbons (Fsp3) is 0.481. The highest BCUT2D eigenvalue weighted by Gasteiger charge is 2.30. The van der Waals surface area contributed by atoms with Gasteiger partial charge >= 0.3 is 0 Å². The summed E-state index contributed by atoms with van der Waals surface area (Å²) in [5, 5.41) is 4.43. The van der Waals surface area contributed by atoms with Crippen molar-refractivity contribution in [2.75, 3.05) is 5.75 Å². The van der Waals surface area contributed by atoms with E-state index in [4.69, 9.17) is 23.2 Å². The first-order valence-electron chi connectivity index (χ1n) is 12.1. The van der Waals surface area contributed by atoms with E-state index in [2.05, 4.69) is 5.32 Å². The van der Waals surface area contributed by atoms with E-state index in [0.29, 0.717) is 28.8 Å². The number of nitrogens with zero attached hydrogens (tertiary/aromatic N) is 1. The van der Waals surface area contributed by atoms with Crippen LogP contribution in [-0.4, -0.2) is 34.6 Å². The normalized spacial score (nSPS) is 15.1. The molecule has 7 heteroatoms. The number of hydrogen-bond donors (Lipinski definition) is 1. The smallest absolute Gasteiger partial charge is 0.243 e. The quantitative estimate of drug-likeness (QED) is 0.375. The second-order valence-corrected chi connectivity index (χ2v) is 10.7. The number of halogens is 2. The Labute approximate surface area is 217 Å². The Morgan fingerprint density at radius 2 is 1.74 bits per heavy atom. The first kappa shape index (κ1) is 26.9. The number of aryl methyl sites for hydroxylation is 1. The van der Waals surface area contributed by atoms with Crippen molar-refractivity contribution >= 4 is 46.8 Å². The van der Waals surface area contributed by atoms with Crippen LogP contribution in [0.4, 0.5) is 0 Å². The number of hydrogen-bond acceptors (Lipinski definition) is 3. The van der Waals surface area contributed by atoms with Gasteiger partial charge < -0.3 is 10.2 Å². The van der Waals surface area contributed by atoms with Crippen LogP contribution >= 0.6 is 35.0 Å². The van der Waals surface area contributed by atoms with E-state index in [-0.39, 0.29) is 23.6 Å². The summed E-state index contributed by atoms with van der Waals surface area (Å²) in [7, 11) is 0. The molecule has 1 saturated carbocycles. The van der Waals surface area contributed by atoms with Gasteiger partial charge in [0.15, 0.2) is 0 Å². The van der Waals surface area contributed by atoms with Gasteiger partial charge in [0.05, 0.1) is 5.75 Å². The second-order valence-electron chi connectivity index (χ2n) is 8.91. The molecule has 0 spiro atoms. The Balaban J connectivity index is 1.73. The lowest BCUT2D eigenvalue weighted by Crippen LogP contribution is -2.52. The molecule has 2 amide bonds. The predicted molar refractivity (Wildman–Crippen MR) is 143 cm³/mol. The minimum absolute atomic E-state index is 0.0458. The molecule has 0 aliphatic heterocycles. The Morgan fingerprint density at radius 1 is 1.06 bits per heavy atom. The summed E-state index contributed by atoms with van der Waals surface area (Å²) in [5.74, 6) is 0.686. The molecule has 1 aliphatic carbocycles. The van der Waals surface area contributed by atoms with E-state index in [1.807, 2.05) is 44.2 Å². The van der Waals surface area contributed by atoms with Gasteiger partial charge in [-0.25, -0.2) is 0 Å². The number of benzene rings is 2. The fourth-order valence-corrected chi connectivity index (χ4v) is 6.08. The molecule has 0 radical (unpaired) electrons. The van der Waals surface area contributed by atoms with Gasteiger partial charge in [-0.1, -0.05) is 79.7 Å². The van der Waals surface area contributed by atoms with Crippen LogP contribution in [-0.2, 0) is 21.9 Å². The van der Waals surface area contributed by atoms with Crippen molar-refractivity contribution in [1.29, 1.82) is 0 Å². The molecule has 0 saturated heterocycles. The fourth-order valence-electron chi connectivity index (χ4n) is 4.43. The maximum Gasteiger partial charge on any atom is 0.243 e. The highest BCUT2D eigenvalue weighted by Crippen LogP contribution is 2.29. The van der Waals surface area contributed by atoms with Crippen LogP contribution in [0.15, 0.2) is 42.5 Å². The van der Waals surface area contributed by atoms with Crippen molar-refractivity contribution in [1.82, 2.24) is 10.2 Å². The number of carbonyl (C=O) groups excluding carboxylic acids is 2. The van der Waals surface area contributed by atoms with E-state index in [1.54, 1.807) is 17.0 Å². The molecule has 0 bridgehead atoms. The molecule has 1 atom stereocenters. The highest BCUT2D eigenvalue weighted by molar-refractivity contribution is 7.99. The van der Waals surface area contributed by atoms with Crippen LogP contribution in [0.1, 0.15) is 62.1 Å². The topological polar surface area (TPSA) is 49.4 Å². The lowest BCUT2D eigenvalue weighted by molar-refractivity contribution is -0.139. The van der Waals surface area contributed by atoms with Gasteiger partial charge in [0.1, 0.15) is 6.04 Å². The Bertz CT molecular complexity index is 959. The van der Waals surface area contributed by atoms with Gasteiger partial charge in [-0.3, -0.25) is 9.59 Å². The largest absolute Gasteiger partial charge is 0.352 e. The molecule has 2 aromatic rings. The summed E-state index contributed by atoms with van der Waals surface area (Å²) in [6.45, 7) is 4.42. The standard InChI is InChI=1S/C27H34Cl2N2O2S/c1-3-25(27(33)30-21-12-5-4-6-13-21)31(16-20-11-8-7-10-19(20)2)26(32)18-34-17-22-23(28)14-9-15-24(22)29/h7-11,14-15,21,25H,3-6,12-13,16-18H2,1-2H3,(H,30,33)/t25-/m0/s1. The molecule has 1 N–H and O–H groups in total. The molecular weight excluding hydrogens is 487 g/mol. The monoisotopic (exact) mass is 520 g/mol. The molecule has 2 aromatic carbocycles. The zero-order valence-corrected chi connectivity index (χ0v) is 22.3. The van der Waals surface area contributed by atoms with Gasteiger partial charge in [-0.15, -0.1) is 11.8 Å². The number of rotatable bonds is 10. The van der Waals surface area contributed by atoms with Crippen LogP contribution in [0.5, 0.6) is 0 Å². The number of amides is 2. The van der Waals surface area contributed by atoms with Crippen molar-refractivity contribution < 1.29 is 9.59 Å². The van der Waals surface area contributed by atoms with Crippen molar-refractivity contribution in [3.8, 4) is 0 Å². The molecule has 1 aliphatic rings. The predicted octanol–water partition coefficient (Wildman–Crippen LogP) is 6.79. The first-order chi connectivity index (χ1) is 16.4. The highest BCUT2D eigenvalue weighted by atomic mass is 35.5. The third-order valence-corrected chi connectivity index (χ3v) is 8.13. The SMILES string of the molecule is CC[C@@H](C(=O)NC1CCCCC1)N(Cc1ccccc1C)C(=O)CSCc1c(Cl)cccc1Cl. The maximum absolute atomic E-state index is 13.5. The van der Waals surface area contributed by atoms with Crippen LogP contribution < -0.4 is 5.32 Å². The third-order valence-electron chi connectivity index (χ3n) is 6.47. The minimum Gasteiger partial charge on any atom is -0.352 e. The molecule has 1 fully saturated rings. The molecule has 34 heavy (non-hydrogen) atoms. The lowest BCUT2D eigenvalue weighted by atomic mass is 9.95. The van der Waals surface area contributed by atoms with Crippen LogP contribution in [0.2, 0.25) is 10.0 Å². The average Bonchev–Trinajstić information content (AvgIpc) is 2.82. The molecule has 0 aromatic heterocycles. The van der Waals surface area contributed by atoms with Crippen LogP contribution in [0, 0.1) is 6.92 Å². The molecule has 0 heterocycles. The number of thioether (sulfide) groups is 1. The zero-order chi connectivity index (χ0) is 24.5. The van der Waals surface area contributed by atoms with Gasteiger partial charge in [-0.2, -0.15) is 0 Å². The molecule has 184 valence electrons. The summed E-state index contributed by atoms with van der Waals surface area (Å²) in [4.78, 5) is 28.5. The number of carbonyl (C=O) groups is 2. The van der Waals surface area contributed by atoms with Crippen LogP contribution in [0.3, 0.4) is 0 Å². The summed E-state index contributed by atoms with van der Waals surface area (Å²) in [5.41, 5.74) is 2.99. The van der Waals surface area contributed by atoms with E-state index in [1.165, 1.54) is 18.2 Å². The van der Waals surface area contributed by atoms with Gasteiger partial charge in [0.25, 0.3) is 0 Å². The van der Waals surface area contributed by atoms with Gasteiger partial charge in [0, 0.05) is 28.4 Å². The Hall–Kier alpha value is -1.69. The average molecular weight is 522 g/mol. The van der Waals surface area contributed by atoms with E-state index in [0.717, 1.165) is 42.4 Å². The first-order valence-corrected chi connectivity index (χ1v) is 14.0. The van der Waals surface area contributed by atoms with Crippen molar-refractivity contribution in [3.05, 3.63) is 69.2 Å². The van der Waals surface area contributed by atoms with Crippen molar-refractivity contribution in [2.24, 2.45) is 0 Å². The molecular formula is C27H34Cl2N2O2S.